The molecule has 2 nitrogen and oxygen atoms in total. The number of aliphatic hydroxyl groups is 2. The molecule has 0 aliphatic heterocycles. The van der Waals surface area contributed by atoms with Crippen molar-refractivity contribution in [3.8, 4) is 0 Å². The van der Waals surface area contributed by atoms with Gasteiger partial charge in [-0.3, -0.25) is 0 Å². The van der Waals surface area contributed by atoms with Crippen LogP contribution in [0.15, 0.2) is 0 Å². The van der Waals surface area contributed by atoms with Gasteiger partial charge in [0.05, 0.1) is 12.2 Å². The Morgan fingerprint density at radius 3 is 2.44 bits per heavy atom. The molecule has 1 aliphatic rings. The molecule has 2 heteroatoms. The molecule has 0 aromatic rings. The molecule has 0 heterocycles. The molecular formula is C14H28O2. The minimum absolute atomic E-state index is 0.114. The van der Waals surface area contributed by atoms with E-state index in [0.717, 1.165) is 38.5 Å². The zero-order valence-corrected chi connectivity index (χ0v) is 10.9. The average Bonchev–Trinajstić information content (AvgIpc) is 2.30. The van der Waals surface area contributed by atoms with Gasteiger partial charge < -0.3 is 10.2 Å². The fourth-order valence-corrected chi connectivity index (χ4v) is 3.02. The van der Waals surface area contributed by atoms with Crippen LogP contribution in [-0.4, -0.2) is 22.4 Å². The maximum absolute atomic E-state index is 9.98. The Morgan fingerprint density at radius 1 is 1.19 bits per heavy atom. The molecular weight excluding hydrogens is 200 g/mol. The summed E-state index contributed by atoms with van der Waals surface area (Å²) < 4.78 is 0. The van der Waals surface area contributed by atoms with Gasteiger partial charge >= 0.3 is 0 Å². The Hall–Kier alpha value is -0.0800. The van der Waals surface area contributed by atoms with E-state index in [1.165, 1.54) is 12.8 Å². The van der Waals surface area contributed by atoms with Gasteiger partial charge in [-0.1, -0.05) is 33.1 Å². The van der Waals surface area contributed by atoms with Crippen LogP contribution >= 0.6 is 0 Å². The second kappa shape index (κ2) is 7.29. The maximum atomic E-state index is 9.98. The van der Waals surface area contributed by atoms with Gasteiger partial charge in [0.1, 0.15) is 0 Å². The van der Waals surface area contributed by atoms with Crippen LogP contribution < -0.4 is 0 Å². The van der Waals surface area contributed by atoms with Gasteiger partial charge in [0.25, 0.3) is 0 Å². The molecule has 2 N–H and O–H groups in total. The summed E-state index contributed by atoms with van der Waals surface area (Å²) in [5.41, 5.74) is 0. The van der Waals surface area contributed by atoms with Gasteiger partial charge in [0, 0.05) is 0 Å². The van der Waals surface area contributed by atoms with E-state index in [4.69, 9.17) is 0 Å². The summed E-state index contributed by atoms with van der Waals surface area (Å²) >= 11 is 0. The summed E-state index contributed by atoms with van der Waals surface area (Å²) in [4.78, 5) is 0. The Bertz CT molecular complexity index is 182. The van der Waals surface area contributed by atoms with Crippen molar-refractivity contribution >= 4 is 0 Å². The second-order valence-corrected chi connectivity index (χ2v) is 5.37. The maximum Gasteiger partial charge on any atom is 0.0568 e. The van der Waals surface area contributed by atoms with Crippen LogP contribution in [0.2, 0.25) is 0 Å². The molecule has 16 heavy (non-hydrogen) atoms. The van der Waals surface area contributed by atoms with Gasteiger partial charge in [-0.25, -0.2) is 0 Å². The fraction of sp³-hybridized carbons (Fsp3) is 1.00. The zero-order chi connectivity index (χ0) is 12.0. The number of aliphatic hydroxyl groups excluding tert-OH is 2. The average molecular weight is 228 g/mol. The van der Waals surface area contributed by atoms with Crippen LogP contribution in [-0.2, 0) is 0 Å². The van der Waals surface area contributed by atoms with E-state index in [-0.39, 0.29) is 12.2 Å². The minimum Gasteiger partial charge on any atom is -0.393 e. The normalized spacial score (nSPS) is 30.0. The zero-order valence-electron chi connectivity index (χ0n) is 10.9. The largest absolute Gasteiger partial charge is 0.393 e. The topological polar surface area (TPSA) is 40.5 Å². The highest BCUT2D eigenvalue weighted by Gasteiger charge is 2.28. The highest BCUT2D eigenvalue weighted by atomic mass is 16.3. The standard InChI is InChI=1S/C14H28O2/c1-3-7-11(13(15)4-2)10-12-8-5-6-9-14(12)16/h11-16H,3-10H2,1-2H3. The summed E-state index contributed by atoms with van der Waals surface area (Å²) in [5, 5.41) is 19.9. The molecule has 0 aromatic carbocycles. The van der Waals surface area contributed by atoms with Gasteiger partial charge in [0.2, 0.25) is 0 Å². The molecule has 1 aliphatic carbocycles. The van der Waals surface area contributed by atoms with Crippen LogP contribution in [0.3, 0.4) is 0 Å². The molecule has 1 rings (SSSR count). The number of rotatable bonds is 6. The first kappa shape index (κ1) is 14.0. The molecule has 0 spiro atoms. The van der Waals surface area contributed by atoms with Crippen molar-refractivity contribution in [1.82, 2.24) is 0 Å². The van der Waals surface area contributed by atoms with E-state index in [0.29, 0.717) is 11.8 Å². The first-order valence-corrected chi connectivity index (χ1v) is 7.05. The fourth-order valence-electron chi connectivity index (χ4n) is 3.02. The molecule has 0 amide bonds. The van der Waals surface area contributed by atoms with E-state index in [1.54, 1.807) is 0 Å². The van der Waals surface area contributed by atoms with Crippen molar-refractivity contribution < 1.29 is 10.2 Å². The predicted molar refractivity (Wildman–Crippen MR) is 67.3 cm³/mol. The molecule has 0 radical (unpaired) electrons. The molecule has 1 saturated carbocycles. The van der Waals surface area contributed by atoms with Crippen LogP contribution in [0, 0.1) is 11.8 Å². The van der Waals surface area contributed by atoms with E-state index in [9.17, 15) is 10.2 Å². The van der Waals surface area contributed by atoms with Crippen molar-refractivity contribution in [1.29, 1.82) is 0 Å². The Balaban J connectivity index is 2.45. The van der Waals surface area contributed by atoms with Crippen molar-refractivity contribution in [3.63, 3.8) is 0 Å². The lowest BCUT2D eigenvalue weighted by Crippen LogP contribution is -2.30. The lowest BCUT2D eigenvalue weighted by atomic mass is 9.77. The van der Waals surface area contributed by atoms with Crippen LogP contribution in [0.4, 0.5) is 0 Å². The molecule has 4 atom stereocenters. The summed E-state index contributed by atoms with van der Waals surface area (Å²) in [6.07, 6.45) is 8.34. The SMILES string of the molecule is CCCC(CC1CCCCC1O)C(O)CC. The smallest absolute Gasteiger partial charge is 0.0568 e. The number of hydrogen-bond donors (Lipinski definition) is 2. The minimum atomic E-state index is -0.172. The third-order valence-electron chi connectivity index (χ3n) is 4.10. The second-order valence-electron chi connectivity index (χ2n) is 5.37. The van der Waals surface area contributed by atoms with Crippen molar-refractivity contribution in [2.45, 2.75) is 77.4 Å². The Labute approximate surface area is 100 Å². The van der Waals surface area contributed by atoms with E-state index in [2.05, 4.69) is 6.92 Å². The molecule has 4 unspecified atom stereocenters. The Kier molecular flexibility index (Phi) is 6.37. The quantitative estimate of drug-likeness (QED) is 0.733. The summed E-state index contributed by atoms with van der Waals surface area (Å²) in [7, 11) is 0. The first-order chi connectivity index (χ1) is 7.69. The van der Waals surface area contributed by atoms with E-state index < -0.39 is 0 Å². The monoisotopic (exact) mass is 228 g/mol. The van der Waals surface area contributed by atoms with Gasteiger partial charge in [-0.2, -0.15) is 0 Å². The third kappa shape index (κ3) is 4.06. The summed E-state index contributed by atoms with van der Waals surface area (Å²) in [5.74, 6) is 0.833. The molecule has 1 fully saturated rings. The highest BCUT2D eigenvalue weighted by molar-refractivity contribution is 4.79. The van der Waals surface area contributed by atoms with Crippen molar-refractivity contribution in [2.75, 3.05) is 0 Å². The lowest BCUT2D eigenvalue weighted by molar-refractivity contribution is 0.0256. The molecule has 0 bridgehead atoms. The third-order valence-corrected chi connectivity index (χ3v) is 4.10. The lowest BCUT2D eigenvalue weighted by Gasteiger charge is -2.32. The predicted octanol–water partition coefficient (Wildman–Crippen LogP) is 3.11. The van der Waals surface area contributed by atoms with Crippen molar-refractivity contribution in [2.24, 2.45) is 11.8 Å². The molecule has 96 valence electrons. The van der Waals surface area contributed by atoms with E-state index in [1.807, 2.05) is 6.92 Å². The van der Waals surface area contributed by atoms with Gasteiger partial charge in [0.15, 0.2) is 0 Å². The number of hydrogen-bond acceptors (Lipinski definition) is 2. The summed E-state index contributed by atoms with van der Waals surface area (Å²) in [6.45, 7) is 4.22. The van der Waals surface area contributed by atoms with Crippen LogP contribution in [0.25, 0.3) is 0 Å². The molecule has 0 saturated heterocycles. The Morgan fingerprint density at radius 2 is 1.88 bits per heavy atom. The van der Waals surface area contributed by atoms with Crippen LogP contribution in [0.5, 0.6) is 0 Å². The summed E-state index contributed by atoms with van der Waals surface area (Å²) in [6, 6.07) is 0. The highest BCUT2D eigenvalue weighted by Crippen LogP contribution is 2.32. The molecule has 0 aromatic heterocycles. The van der Waals surface area contributed by atoms with Crippen molar-refractivity contribution in [3.05, 3.63) is 0 Å². The van der Waals surface area contributed by atoms with Gasteiger partial charge in [-0.05, 0) is 43.9 Å². The van der Waals surface area contributed by atoms with Gasteiger partial charge in [-0.15, -0.1) is 0 Å². The first-order valence-electron chi connectivity index (χ1n) is 7.05. The van der Waals surface area contributed by atoms with E-state index >= 15 is 0 Å². The van der Waals surface area contributed by atoms with Crippen LogP contribution in [0.1, 0.15) is 65.2 Å².